The average molecular weight is 339 g/mol. The second-order valence-corrected chi connectivity index (χ2v) is 5.80. The van der Waals surface area contributed by atoms with Crippen LogP contribution in [-0.4, -0.2) is 21.5 Å². The molecule has 1 N–H and O–H groups in total. The predicted octanol–water partition coefficient (Wildman–Crippen LogP) is 3.92. The standard InChI is InChI=1S/C13H15BrN4S/c1-3-6-15-11-9(2)12(18-8-17-11)19-13-10(14)5-4-7-16-13/h4-5,7-8H,3,6H2,1-2H3,(H,15,17,18). The normalized spacial score (nSPS) is 10.5. The van der Waals surface area contributed by atoms with Crippen molar-refractivity contribution in [3.63, 3.8) is 0 Å². The highest BCUT2D eigenvalue weighted by atomic mass is 79.9. The molecule has 6 heteroatoms. The Morgan fingerprint density at radius 2 is 2.11 bits per heavy atom. The highest BCUT2D eigenvalue weighted by Gasteiger charge is 2.10. The Morgan fingerprint density at radius 1 is 1.26 bits per heavy atom. The first-order valence-electron chi connectivity index (χ1n) is 6.06. The SMILES string of the molecule is CCCNc1ncnc(Sc2ncccc2Br)c1C. The lowest BCUT2D eigenvalue weighted by Gasteiger charge is -2.10. The van der Waals surface area contributed by atoms with Gasteiger partial charge < -0.3 is 5.32 Å². The van der Waals surface area contributed by atoms with Crippen LogP contribution in [0.4, 0.5) is 5.82 Å². The summed E-state index contributed by atoms with van der Waals surface area (Å²) in [7, 11) is 0. The molecule has 0 amide bonds. The van der Waals surface area contributed by atoms with Gasteiger partial charge in [-0.1, -0.05) is 6.92 Å². The van der Waals surface area contributed by atoms with E-state index in [4.69, 9.17) is 0 Å². The molecule has 19 heavy (non-hydrogen) atoms. The molecule has 0 aromatic carbocycles. The first kappa shape index (κ1) is 14.3. The molecule has 0 fully saturated rings. The fourth-order valence-corrected chi connectivity index (χ4v) is 2.81. The number of halogens is 1. The van der Waals surface area contributed by atoms with E-state index in [0.717, 1.165) is 38.9 Å². The Hall–Kier alpha value is -1.14. The van der Waals surface area contributed by atoms with E-state index in [2.05, 4.69) is 43.1 Å². The van der Waals surface area contributed by atoms with Crippen LogP contribution in [0.15, 0.2) is 39.2 Å². The highest BCUT2D eigenvalue weighted by molar-refractivity contribution is 9.10. The summed E-state index contributed by atoms with van der Waals surface area (Å²) in [5, 5.41) is 5.14. The monoisotopic (exact) mass is 338 g/mol. The number of aromatic nitrogens is 3. The Morgan fingerprint density at radius 3 is 2.84 bits per heavy atom. The van der Waals surface area contributed by atoms with Gasteiger partial charge in [0.1, 0.15) is 22.2 Å². The van der Waals surface area contributed by atoms with E-state index >= 15 is 0 Å². The van der Waals surface area contributed by atoms with E-state index in [0.29, 0.717) is 0 Å². The summed E-state index contributed by atoms with van der Waals surface area (Å²) >= 11 is 5.04. The van der Waals surface area contributed by atoms with E-state index < -0.39 is 0 Å². The maximum absolute atomic E-state index is 4.34. The van der Waals surface area contributed by atoms with Crippen LogP contribution in [0, 0.1) is 6.92 Å². The zero-order chi connectivity index (χ0) is 13.7. The number of nitrogens with zero attached hydrogens (tertiary/aromatic N) is 3. The lowest BCUT2D eigenvalue weighted by atomic mass is 10.3. The molecule has 0 spiro atoms. The second-order valence-electron chi connectivity index (χ2n) is 3.97. The number of hydrogen-bond acceptors (Lipinski definition) is 5. The van der Waals surface area contributed by atoms with E-state index in [1.165, 1.54) is 11.8 Å². The maximum atomic E-state index is 4.34. The van der Waals surface area contributed by atoms with Crippen LogP contribution in [0.2, 0.25) is 0 Å². The van der Waals surface area contributed by atoms with Crippen molar-refractivity contribution in [2.75, 3.05) is 11.9 Å². The van der Waals surface area contributed by atoms with Crippen LogP contribution in [0.1, 0.15) is 18.9 Å². The summed E-state index contributed by atoms with van der Waals surface area (Å²) < 4.78 is 0.973. The molecule has 0 aliphatic carbocycles. The molecule has 100 valence electrons. The summed E-state index contributed by atoms with van der Waals surface area (Å²) in [6.45, 7) is 5.07. The molecule has 0 bridgehead atoms. The molecule has 2 heterocycles. The zero-order valence-electron chi connectivity index (χ0n) is 10.9. The topological polar surface area (TPSA) is 50.7 Å². The van der Waals surface area contributed by atoms with Gasteiger partial charge in [-0.05, 0) is 53.2 Å². The zero-order valence-corrected chi connectivity index (χ0v) is 13.3. The number of nitrogens with one attached hydrogen (secondary N) is 1. The Kier molecular flexibility index (Phi) is 5.15. The van der Waals surface area contributed by atoms with Crippen LogP contribution in [-0.2, 0) is 0 Å². The molecule has 2 rings (SSSR count). The molecule has 0 saturated carbocycles. The minimum absolute atomic E-state index is 0.895. The minimum Gasteiger partial charge on any atom is -0.370 e. The van der Waals surface area contributed by atoms with Crippen LogP contribution in [0.5, 0.6) is 0 Å². The van der Waals surface area contributed by atoms with Crippen molar-refractivity contribution in [3.05, 3.63) is 34.7 Å². The van der Waals surface area contributed by atoms with Gasteiger partial charge in [-0.15, -0.1) is 0 Å². The first-order valence-corrected chi connectivity index (χ1v) is 7.67. The molecule has 4 nitrogen and oxygen atoms in total. The van der Waals surface area contributed by atoms with Gasteiger partial charge in [-0.25, -0.2) is 15.0 Å². The predicted molar refractivity (Wildman–Crippen MR) is 81.6 cm³/mol. The second kappa shape index (κ2) is 6.86. The van der Waals surface area contributed by atoms with Gasteiger partial charge in [0, 0.05) is 18.3 Å². The highest BCUT2D eigenvalue weighted by Crippen LogP contribution is 2.33. The van der Waals surface area contributed by atoms with Crippen molar-refractivity contribution in [2.24, 2.45) is 0 Å². The molecule has 0 unspecified atom stereocenters. The fraction of sp³-hybridized carbons (Fsp3) is 0.308. The van der Waals surface area contributed by atoms with Gasteiger partial charge >= 0.3 is 0 Å². The van der Waals surface area contributed by atoms with E-state index in [1.54, 1.807) is 12.5 Å². The molecular weight excluding hydrogens is 324 g/mol. The van der Waals surface area contributed by atoms with E-state index in [1.807, 2.05) is 19.1 Å². The van der Waals surface area contributed by atoms with Crippen LogP contribution < -0.4 is 5.32 Å². The van der Waals surface area contributed by atoms with Crippen molar-refractivity contribution in [1.29, 1.82) is 0 Å². The average Bonchev–Trinajstić information content (AvgIpc) is 2.42. The van der Waals surface area contributed by atoms with Crippen LogP contribution >= 0.6 is 27.7 Å². The van der Waals surface area contributed by atoms with Crippen molar-refractivity contribution in [3.8, 4) is 0 Å². The first-order chi connectivity index (χ1) is 9.22. The third-order valence-corrected chi connectivity index (χ3v) is 4.52. The van der Waals surface area contributed by atoms with Gasteiger partial charge in [0.15, 0.2) is 0 Å². The number of pyridine rings is 1. The van der Waals surface area contributed by atoms with Gasteiger partial charge in [0.05, 0.1) is 4.47 Å². The number of rotatable bonds is 5. The minimum atomic E-state index is 0.895. The lowest BCUT2D eigenvalue weighted by molar-refractivity contribution is 0.937. The Bertz CT molecular complexity index is 562. The van der Waals surface area contributed by atoms with Crippen LogP contribution in [0.3, 0.4) is 0 Å². The third kappa shape index (κ3) is 3.67. The molecule has 2 aromatic heterocycles. The largest absolute Gasteiger partial charge is 0.370 e. The van der Waals surface area contributed by atoms with Crippen molar-refractivity contribution >= 4 is 33.5 Å². The number of hydrogen-bond donors (Lipinski definition) is 1. The van der Waals surface area contributed by atoms with Gasteiger partial charge in [-0.3, -0.25) is 0 Å². The summed E-state index contributed by atoms with van der Waals surface area (Å²) in [5.74, 6) is 0.895. The maximum Gasteiger partial charge on any atom is 0.133 e. The summed E-state index contributed by atoms with van der Waals surface area (Å²) in [4.78, 5) is 12.9. The molecule has 2 aromatic rings. The Balaban J connectivity index is 2.23. The summed E-state index contributed by atoms with van der Waals surface area (Å²) in [5.41, 5.74) is 1.05. The van der Waals surface area contributed by atoms with Gasteiger partial charge in [-0.2, -0.15) is 0 Å². The van der Waals surface area contributed by atoms with Gasteiger partial charge in [0.25, 0.3) is 0 Å². The molecule has 0 atom stereocenters. The fourth-order valence-electron chi connectivity index (χ4n) is 1.50. The van der Waals surface area contributed by atoms with Gasteiger partial charge in [0.2, 0.25) is 0 Å². The van der Waals surface area contributed by atoms with Crippen molar-refractivity contribution < 1.29 is 0 Å². The van der Waals surface area contributed by atoms with E-state index in [-0.39, 0.29) is 0 Å². The molecule has 0 saturated heterocycles. The molecule has 0 radical (unpaired) electrons. The van der Waals surface area contributed by atoms with Crippen LogP contribution in [0.25, 0.3) is 0 Å². The smallest absolute Gasteiger partial charge is 0.133 e. The summed E-state index contributed by atoms with van der Waals surface area (Å²) in [6.07, 6.45) is 4.43. The van der Waals surface area contributed by atoms with Crippen molar-refractivity contribution in [1.82, 2.24) is 15.0 Å². The van der Waals surface area contributed by atoms with E-state index in [9.17, 15) is 0 Å². The Labute approximate surface area is 125 Å². The molecule has 0 aliphatic heterocycles. The van der Waals surface area contributed by atoms with Crippen molar-refractivity contribution in [2.45, 2.75) is 30.3 Å². The molecular formula is C13H15BrN4S. The molecule has 0 aliphatic rings. The summed E-state index contributed by atoms with van der Waals surface area (Å²) in [6, 6.07) is 3.87. The quantitative estimate of drug-likeness (QED) is 0.837. The lowest BCUT2D eigenvalue weighted by Crippen LogP contribution is -2.05. The number of anilines is 1. The third-order valence-electron chi connectivity index (χ3n) is 2.50.